The third-order valence-electron chi connectivity index (χ3n) is 5.31. The van der Waals surface area contributed by atoms with E-state index in [1.165, 1.54) is 4.68 Å². The SMILES string of the molecule is CC(C)C(Cc1ccccc1)N(C(=O)n1nnn(C2CC2)c1=O)c1ccccc1. The van der Waals surface area contributed by atoms with E-state index >= 15 is 0 Å². The number of tetrazole rings is 1. The minimum Gasteiger partial charge on any atom is -0.289 e. The Morgan fingerprint density at radius 3 is 2.24 bits per heavy atom. The van der Waals surface area contributed by atoms with Gasteiger partial charge in [0.25, 0.3) is 0 Å². The molecule has 0 aliphatic heterocycles. The highest BCUT2D eigenvalue weighted by atomic mass is 16.2. The van der Waals surface area contributed by atoms with Gasteiger partial charge in [-0.25, -0.2) is 9.59 Å². The van der Waals surface area contributed by atoms with Crippen molar-refractivity contribution in [2.24, 2.45) is 5.92 Å². The van der Waals surface area contributed by atoms with Gasteiger partial charge in [-0.2, -0.15) is 4.68 Å². The molecule has 29 heavy (non-hydrogen) atoms. The molecular formula is C22H25N5O2. The number of aromatic nitrogens is 4. The fourth-order valence-electron chi connectivity index (χ4n) is 3.54. The van der Waals surface area contributed by atoms with E-state index in [1.807, 2.05) is 48.5 Å². The summed E-state index contributed by atoms with van der Waals surface area (Å²) in [6.07, 6.45) is 2.47. The normalized spacial score (nSPS) is 14.7. The van der Waals surface area contributed by atoms with E-state index in [4.69, 9.17) is 0 Å². The van der Waals surface area contributed by atoms with Gasteiger partial charge in [-0.3, -0.25) is 4.90 Å². The first-order valence-electron chi connectivity index (χ1n) is 10.0. The number of carbonyl (C=O) groups excluding carboxylic acids is 1. The van der Waals surface area contributed by atoms with Gasteiger partial charge in [0.05, 0.1) is 6.04 Å². The van der Waals surface area contributed by atoms with Crippen LogP contribution in [0.4, 0.5) is 10.5 Å². The smallest absolute Gasteiger partial charge is 0.289 e. The van der Waals surface area contributed by atoms with Crippen molar-refractivity contribution >= 4 is 11.7 Å². The van der Waals surface area contributed by atoms with Crippen molar-refractivity contribution in [3.63, 3.8) is 0 Å². The minimum absolute atomic E-state index is 0.0689. The number of para-hydroxylation sites is 1. The Bertz CT molecular complexity index is 1020. The number of hydrogen-bond acceptors (Lipinski definition) is 4. The largest absolute Gasteiger partial charge is 0.372 e. The summed E-state index contributed by atoms with van der Waals surface area (Å²) in [5.74, 6) is 0.161. The van der Waals surface area contributed by atoms with E-state index in [1.54, 1.807) is 4.90 Å². The number of nitrogens with zero attached hydrogens (tertiary/aromatic N) is 5. The molecule has 0 spiro atoms. The molecule has 2 aromatic carbocycles. The molecule has 1 heterocycles. The van der Waals surface area contributed by atoms with Crippen LogP contribution in [0, 0.1) is 5.92 Å². The molecule has 1 saturated carbocycles. The van der Waals surface area contributed by atoms with Crippen molar-refractivity contribution in [3.8, 4) is 0 Å². The second-order valence-corrected chi connectivity index (χ2v) is 7.84. The van der Waals surface area contributed by atoms with Crippen LogP contribution in [0.25, 0.3) is 0 Å². The van der Waals surface area contributed by atoms with Gasteiger partial charge >= 0.3 is 11.7 Å². The molecular weight excluding hydrogens is 366 g/mol. The van der Waals surface area contributed by atoms with Gasteiger partial charge in [0.15, 0.2) is 0 Å². The third kappa shape index (κ3) is 3.99. The van der Waals surface area contributed by atoms with Crippen LogP contribution in [-0.4, -0.2) is 31.9 Å². The quantitative estimate of drug-likeness (QED) is 0.603. The lowest BCUT2D eigenvalue weighted by molar-refractivity contribution is 0.238. The van der Waals surface area contributed by atoms with Gasteiger partial charge in [-0.05, 0) is 53.3 Å². The molecule has 1 unspecified atom stereocenters. The molecule has 7 nitrogen and oxygen atoms in total. The number of rotatable bonds is 6. The van der Waals surface area contributed by atoms with Gasteiger partial charge in [0, 0.05) is 11.7 Å². The molecule has 1 amide bonds. The molecule has 1 atom stereocenters. The van der Waals surface area contributed by atoms with E-state index in [-0.39, 0.29) is 18.0 Å². The maximum absolute atomic E-state index is 13.5. The number of benzene rings is 2. The Morgan fingerprint density at radius 1 is 1.03 bits per heavy atom. The molecule has 0 radical (unpaired) electrons. The number of hydrogen-bond donors (Lipinski definition) is 0. The van der Waals surface area contributed by atoms with Crippen molar-refractivity contribution < 1.29 is 4.79 Å². The Kier molecular flexibility index (Phi) is 5.29. The molecule has 4 rings (SSSR count). The minimum atomic E-state index is -0.472. The van der Waals surface area contributed by atoms with E-state index in [9.17, 15) is 9.59 Å². The molecule has 0 saturated heterocycles. The summed E-state index contributed by atoms with van der Waals surface area (Å²) >= 11 is 0. The lowest BCUT2D eigenvalue weighted by Crippen LogP contribution is -2.49. The summed E-state index contributed by atoms with van der Waals surface area (Å²) < 4.78 is 2.22. The average Bonchev–Trinajstić information content (AvgIpc) is 3.50. The zero-order valence-corrected chi connectivity index (χ0v) is 16.7. The van der Waals surface area contributed by atoms with Gasteiger partial charge in [0.1, 0.15) is 0 Å². The zero-order chi connectivity index (χ0) is 20.4. The highest BCUT2D eigenvalue weighted by Crippen LogP contribution is 2.32. The molecule has 1 aromatic heterocycles. The van der Waals surface area contributed by atoms with E-state index < -0.39 is 11.7 Å². The fraction of sp³-hybridized carbons (Fsp3) is 0.364. The van der Waals surface area contributed by atoms with E-state index in [2.05, 4.69) is 36.4 Å². The molecule has 7 heteroatoms. The first kappa shape index (κ1) is 19.1. The average molecular weight is 391 g/mol. The summed E-state index contributed by atoms with van der Waals surface area (Å²) in [5.41, 5.74) is 1.40. The third-order valence-corrected chi connectivity index (χ3v) is 5.31. The number of anilines is 1. The van der Waals surface area contributed by atoms with Crippen molar-refractivity contribution in [3.05, 3.63) is 76.7 Å². The van der Waals surface area contributed by atoms with Gasteiger partial charge in [-0.15, -0.1) is 4.68 Å². The summed E-state index contributed by atoms with van der Waals surface area (Å²) in [4.78, 5) is 27.9. The first-order valence-corrected chi connectivity index (χ1v) is 10.0. The molecule has 3 aromatic rings. The maximum atomic E-state index is 13.5. The Labute approximate surface area is 169 Å². The van der Waals surface area contributed by atoms with Crippen LogP contribution < -0.4 is 10.6 Å². The van der Waals surface area contributed by atoms with Crippen LogP contribution in [-0.2, 0) is 6.42 Å². The molecule has 1 aliphatic carbocycles. The molecule has 0 bridgehead atoms. The van der Waals surface area contributed by atoms with Crippen LogP contribution in [0.2, 0.25) is 0 Å². The second kappa shape index (κ2) is 8.03. The summed E-state index contributed by atoms with van der Waals surface area (Å²) in [5, 5.41) is 7.83. The predicted octanol–water partition coefficient (Wildman–Crippen LogP) is 3.52. The molecule has 1 fully saturated rings. The van der Waals surface area contributed by atoms with Crippen LogP contribution in [0.1, 0.15) is 38.3 Å². The van der Waals surface area contributed by atoms with E-state index in [0.29, 0.717) is 6.42 Å². The van der Waals surface area contributed by atoms with Crippen LogP contribution in [0.15, 0.2) is 65.5 Å². The molecule has 1 aliphatic rings. The highest BCUT2D eigenvalue weighted by Gasteiger charge is 2.34. The summed E-state index contributed by atoms with van der Waals surface area (Å²) in [6, 6.07) is 19.0. The summed E-state index contributed by atoms with van der Waals surface area (Å²) in [6.45, 7) is 4.17. The Morgan fingerprint density at radius 2 is 1.66 bits per heavy atom. The van der Waals surface area contributed by atoms with Crippen molar-refractivity contribution in [1.82, 2.24) is 19.8 Å². The van der Waals surface area contributed by atoms with Gasteiger partial charge in [0.2, 0.25) is 0 Å². The van der Waals surface area contributed by atoms with Crippen LogP contribution in [0.5, 0.6) is 0 Å². The molecule has 0 N–H and O–H groups in total. The monoisotopic (exact) mass is 391 g/mol. The Hall–Kier alpha value is -3.22. The van der Waals surface area contributed by atoms with Crippen molar-refractivity contribution in [1.29, 1.82) is 0 Å². The Balaban J connectivity index is 1.74. The van der Waals surface area contributed by atoms with Crippen LogP contribution >= 0.6 is 0 Å². The number of amides is 1. The van der Waals surface area contributed by atoms with Crippen LogP contribution in [0.3, 0.4) is 0 Å². The fourth-order valence-corrected chi connectivity index (χ4v) is 3.54. The lowest BCUT2D eigenvalue weighted by atomic mass is 9.94. The summed E-state index contributed by atoms with van der Waals surface area (Å²) in [7, 11) is 0. The van der Waals surface area contributed by atoms with Crippen molar-refractivity contribution in [2.75, 3.05) is 4.90 Å². The maximum Gasteiger partial charge on any atom is 0.372 e. The topological polar surface area (TPSA) is 73.0 Å². The molecule has 150 valence electrons. The highest BCUT2D eigenvalue weighted by molar-refractivity contribution is 5.93. The predicted molar refractivity (Wildman–Crippen MR) is 111 cm³/mol. The van der Waals surface area contributed by atoms with E-state index in [0.717, 1.165) is 28.8 Å². The van der Waals surface area contributed by atoms with Crippen molar-refractivity contribution in [2.45, 2.75) is 45.2 Å². The van der Waals surface area contributed by atoms with Gasteiger partial charge in [-0.1, -0.05) is 62.4 Å². The number of carbonyl (C=O) groups is 1. The zero-order valence-electron chi connectivity index (χ0n) is 16.7. The van der Waals surface area contributed by atoms with Gasteiger partial charge < -0.3 is 0 Å². The lowest BCUT2D eigenvalue weighted by Gasteiger charge is -2.34. The first-order chi connectivity index (χ1) is 14.1. The second-order valence-electron chi connectivity index (χ2n) is 7.84. The standard InChI is InChI=1S/C22H25N5O2/c1-16(2)20(15-17-9-5-3-6-10-17)25(18-11-7-4-8-12-18)21(28)27-22(29)26(23-24-27)19-13-14-19/h3-12,16,19-20H,13-15H2,1-2H3.